The molecule has 3 aromatic rings. The molecule has 2 heterocycles. The van der Waals surface area contributed by atoms with Gasteiger partial charge in [-0.05, 0) is 92.1 Å². The van der Waals surface area contributed by atoms with Crippen molar-refractivity contribution in [2.75, 3.05) is 12.1 Å². The second-order valence-corrected chi connectivity index (χ2v) is 9.88. The lowest BCUT2D eigenvalue weighted by atomic mass is 9.96. The number of fused-ring (bicyclic) bond motifs is 2. The standard InChI is InChI=1S/C27H28N2O3S/c1-17-11-18(2)13-20(12-17)29-26(30)25-21-7-5-3-4-6-8-24(21)33-27(25)28-15-19-9-10-22-23(14-19)32-16-31-22/h9-15H,3-8,16H2,1-2H3,(H,29,30). The van der Waals surface area contributed by atoms with Crippen LogP contribution < -0.4 is 14.8 Å². The van der Waals surface area contributed by atoms with Crippen LogP contribution in [-0.4, -0.2) is 18.9 Å². The van der Waals surface area contributed by atoms with Crippen molar-refractivity contribution in [3.8, 4) is 11.5 Å². The van der Waals surface area contributed by atoms with E-state index < -0.39 is 0 Å². The highest BCUT2D eigenvalue weighted by Gasteiger charge is 2.24. The molecule has 0 radical (unpaired) electrons. The molecule has 0 atom stereocenters. The molecule has 1 N–H and O–H groups in total. The molecule has 2 aromatic carbocycles. The van der Waals surface area contributed by atoms with Crippen LogP contribution in [0.4, 0.5) is 10.7 Å². The van der Waals surface area contributed by atoms with E-state index in [2.05, 4.69) is 11.4 Å². The number of anilines is 1. The molecule has 6 heteroatoms. The maximum Gasteiger partial charge on any atom is 0.259 e. The van der Waals surface area contributed by atoms with Crippen LogP contribution in [0, 0.1) is 13.8 Å². The van der Waals surface area contributed by atoms with E-state index in [0.29, 0.717) is 0 Å². The number of nitrogens with zero attached hydrogens (tertiary/aromatic N) is 1. The first-order valence-electron chi connectivity index (χ1n) is 11.5. The van der Waals surface area contributed by atoms with Crippen LogP contribution >= 0.6 is 11.3 Å². The van der Waals surface area contributed by atoms with Gasteiger partial charge in [-0.25, -0.2) is 4.99 Å². The first kappa shape index (κ1) is 21.7. The van der Waals surface area contributed by atoms with Crippen molar-refractivity contribution >= 4 is 34.1 Å². The lowest BCUT2D eigenvalue weighted by Gasteiger charge is -2.12. The second kappa shape index (κ2) is 9.40. The molecule has 0 bridgehead atoms. The third-order valence-electron chi connectivity index (χ3n) is 6.09. The van der Waals surface area contributed by atoms with Gasteiger partial charge in [0.2, 0.25) is 6.79 Å². The molecule has 0 saturated carbocycles. The molecule has 5 rings (SSSR count). The number of aryl methyl sites for hydroxylation is 3. The molecule has 1 aliphatic carbocycles. The largest absolute Gasteiger partial charge is 0.454 e. The predicted octanol–water partition coefficient (Wildman–Crippen LogP) is 6.76. The second-order valence-electron chi connectivity index (χ2n) is 8.80. The molecule has 170 valence electrons. The van der Waals surface area contributed by atoms with Crippen LogP contribution in [0.15, 0.2) is 41.4 Å². The van der Waals surface area contributed by atoms with E-state index >= 15 is 0 Å². The number of benzene rings is 2. The van der Waals surface area contributed by atoms with Gasteiger partial charge in [0.25, 0.3) is 5.91 Å². The van der Waals surface area contributed by atoms with Crippen LogP contribution in [0.3, 0.4) is 0 Å². The number of rotatable bonds is 4. The Morgan fingerprint density at radius 3 is 2.55 bits per heavy atom. The Labute approximate surface area is 198 Å². The molecule has 33 heavy (non-hydrogen) atoms. The fourth-order valence-corrected chi connectivity index (χ4v) is 5.83. The highest BCUT2D eigenvalue weighted by atomic mass is 32.1. The summed E-state index contributed by atoms with van der Waals surface area (Å²) in [6, 6.07) is 11.9. The van der Waals surface area contributed by atoms with Gasteiger partial charge in [0.15, 0.2) is 11.5 Å². The van der Waals surface area contributed by atoms with Gasteiger partial charge < -0.3 is 14.8 Å². The topological polar surface area (TPSA) is 59.9 Å². The van der Waals surface area contributed by atoms with Gasteiger partial charge >= 0.3 is 0 Å². The summed E-state index contributed by atoms with van der Waals surface area (Å²) in [6.45, 7) is 4.34. The Kier molecular flexibility index (Phi) is 6.18. The number of carbonyl (C=O) groups is 1. The summed E-state index contributed by atoms with van der Waals surface area (Å²) in [4.78, 5) is 19.6. The van der Waals surface area contributed by atoms with E-state index in [1.165, 1.54) is 23.3 Å². The molecule has 1 aromatic heterocycles. The zero-order chi connectivity index (χ0) is 22.8. The maximum absolute atomic E-state index is 13.5. The lowest BCUT2D eigenvalue weighted by molar-refractivity contribution is 0.102. The van der Waals surface area contributed by atoms with Crippen LogP contribution in [0.25, 0.3) is 0 Å². The minimum atomic E-state index is -0.0732. The molecule has 0 unspecified atom stereocenters. The first-order valence-corrected chi connectivity index (χ1v) is 12.4. The van der Waals surface area contributed by atoms with Crippen molar-refractivity contribution in [3.63, 3.8) is 0 Å². The smallest absolute Gasteiger partial charge is 0.259 e. The van der Waals surface area contributed by atoms with Crippen molar-refractivity contribution in [1.29, 1.82) is 0 Å². The average molecular weight is 461 g/mol. The van der Waals surface area contributed by atoms with Crippen molar-refractivity contribution in [1.82, 2.24) is 0 Å². The number of hydrogen-bond donors (Lipinski definition) is 1. The molecule has 5 nitrogen and oxygen atoms in total. The number of aliphatic imine (C=N–C) groups is 1. The zero-order valence-electron chi connectivity index (χ0n) is 19.1. The molecule has 0 spiro atoms. The number of carbonyl (C=O) groups excluding carboxylic acids is 1. The molecule has 0 saturated heterocycles. The summed E-state index contributed by atoms with van der Waals surface area (Å²) >= 11 is 1.66. The molecule has 2 aliphatic rings. The highest BCUT2D eigenvalue weighted by Crippen LogP contribution is 2.40. The Bertz CT molecular complexity index is 1210. The van der Waals surface area contributed by atoms with Crippen molar-refractivity contribution in [2.24, 2.45) is 4.99 Å². The van der Waals surface area contributed by atoms with E-state index in [9.17, 15) is 4.79 Å². The van der Waals surface area contributed by atoms with E-state index in [4.69, 9.17) is 14.5 Å². The quantitative estimate of drug-likeness (QED) is 0.438. The van der Waals surface area contributed by atoms with Crippen molar-refractivity contribution in [2.45, 2.75) is 52.4 Å². The number of nitrogens with one attached hydrogen (secondary N) is 1. The monoisotopic (exact) mass is 460 g/mol. The van der Waals surface area contributed by atoms with Gasteiger partial charge in [-0.3, -0.25) is 4.79 Å². The van der Waals surface area contributed by atoms with Crippen molar-refractivity contribution < 1.29 is 14.3 Å². The fraction of sp³-hybridized carbons (Fsp3) is 0.333. The summed E-state index contributed by atoms with van der Waals surface area (Å²) in [7, 11) is 0. The summed E-state index contributed by atoms with van der Waals surface area (Å²) in [5, 5.41) is 3.92. The van der Waals surface area contributed by atoms with Gasteiger partial charge in [0.05, 0.1) is 5.56 Å². The molecular formula is C27H28N2O3S. The number of hydrogen-bond acceptors (Lipinski definition) is 5. The Balaban J connectivity index is 1.50. The molecule has 1 aliphatic heterocycles. The Morgan fingerprint density at radius 1 is 0.970 bits per heavy atom. The van der Waals surface area contributed by atoms with Gasteiger partial charge in [-0.1, -0.05) is 18.9 Å². The Hall–Kier alpha value is -3.12. The highest BCUT2D eigenvalue weighted by molar-refractivity contribution is 7.16. The van der Waals surface area contributed by atoms with E-state index in [-0.39, 0.29) is 12.7 Å². The van der Waals surface area contributed by atoms with E-state index in [0.717, 1.165) is 70.1 Å². The molecule has 1 amide bonds. The summed E-state index contributed by atoms with van der Waals surface area (Å²) < 4.78 is 10.9. The van der Waals surface area contributed by atoms with Crippen molar-refractivity contribution in [3.05, 3.63) is 69.1 Å². The molecule has 0 fully saturated rings. The van der Waals surface area contributed by atoms with Crippen LogP contribution in [-0.2, 0) is 12.8 Å². The minimum Gasteiger partial charge on any atom is -0.454 e. The number of amides is 1. The molecular weight excluding hydrogens is 432 g/mol. The fourth-order valence-electron chi connectivity index (χ4n) is 4.60. The van der Waals surface area contributed by atoms with E-state index in [1.54, 1.807) is 11.3 Å². The third kappa shape index (κ3) is 4.81. The van der Waals surface area contributed by atoms with Gasteiger partial charge in [-0.15, -0.1) is 11.3 Å². The number of ether oxygens (including phenoxy) is 2. The third-order valence-corrected chi connectivity index (χ3v) is 7.29. The maximum atomic E-state index is 13.5. The van der Waals surface area contributed by atoms with Crippen LogP contribution in [0.2, 0.25) is 0 Å². The SMILES string of the molecule is Cc1cc(C)cc(NC(=O)c2c(N=Cc3ccc4c(c3)OCO4)sc3c2CCCCCC3)c1. The van der Waals surface area contributed by atoms with Gasteiger partial charge in [0.1, 0.15) is 5.00 Å². The summed E-state index contributed by atoms with van der Waals surface area (Å²) in [5.41, 5.74) is 5.92. The van der Waals surface area contributed by atoms with Crippen LogP contribution in [0.5, 0.6) is 11.5 Å². The average Bonchev–Trinajstić information content (AvgIpc) is 3.35. The number of thiophene rings is 1. The zero-order valence-corrected chi connectivity index (χ0v) is 19.9. The summed E-state index contributed by atoms with van der Waals surface area (Å²) in [6.07, 6.45) is 8.50. The van der Waals surface area contributed by atoms with E-state index in [1.807, 2.05) is 50.4 Å². The van der Waals surface area contributed by atoms with Gasteiger partial charge in [0, 0.05) is 16.8 Å². The Morgan fingerprint density at radius 2 is 1.73 bits per heavy atom. The minimum absolute atomic E-state index is 0.0732. The summed E-state index contributed by atoms with van der Waals surface area (Å²) in [5.74, 6) is 1.40. The predicted molar refractivity (Wildman–Crippen MR) is 134 cm³/mol. The normalized spacial score (nSPS) is 15.2. The van der Waals surface area contributed by atoms with Gasteiger partial charge in [-0.2, -0.15) is 0 Å². The first-order chi connectivity index (χ1) is 16.1. The lowest BCUT2D eigenvalue weighted by Crippen LogP contribution is -2.14. The van der Waals surface area contributed by atoms with Crippen LogP contribution in [0.1, 0.15) is 63.2 Å².